The van der Waals surface area contributed by atoms with Crippen molar-refractivity contribution in [3.8, 4) is 11.1 Å². The topological polar surface area (TPSA) is 64.1 Å². The Hall–Kier alpha value is -2.48. The van der Waals surface area contributed by atoms with Crippen molar-refractivity contribution in [2.75, 3.05) is 6.61 Å². The van der Waals surface area contributed by atoms with E-state index in [1.807, 2.05) is 0 Å². The molecular weight excluding hydrogens is 347 g/mol. The molecule has 2 aromatic rings. The number of halogens is 3. The quantitative estimate of drug-likeness (QED) is 0.889. The standard InChI is InChI=1S/C18H18F3N3O2/c1-16(2)18(20,21)17(3,24-15(25)9-26-16)13-6-11(4-5-14(13)19)12-7-22-10-23-8-12/h4-8,10H,9H2,1-3H3,(H,24,25). The number of nitrogens with zero attached hydrogens (tertiary/aromatic N) is 2. The lowest BCUT2D eigenvalue weighted by molar-refractivity contribution is -0.216. The summed E-state index contributed by atoms with van der Waals surface area (Å²) in [6, 6.07) is 3.81. The van der Waals surface area contributed by atoms with E-state index in [0.717, 1.165) is 13.0 Å². The number of carbonyl (C=O) groups is 1. The van der Waals surface area contributed by atoms with Crippen LogP contribution >= 0.6 is 0 Å². The number of alkyl halides is 2. The lowest BCUT2D eigenvalue weighted by Gasteiger charge is -2.43. The molecule has 1 aromatic heterocycles. The van der Waals surface area contributed by atoms with Gasteiger partial charge in [-0.2, -0.15) is 0 Å². The monoisotopic (exact) mass is 365 g/mol. The second kappa shape index (κ2) is 6.05. The summed E-state index contributed by atoms with van der Waals surface area (Å²) in [5.74, 6) is -5.20. The Kier molecular flexibility index (Phi) is 4.26. The molecule has 26 heavy (non-hydrogen) atoms. The zero-order valence-electron chi connectivity index (χ0n) is 14.5. The fraction of sp³-hybridized carbons (Fsp3) is 0.389. The molecule has 1 aromatic carbocycles. The molecule has 2 heterocycles. The number of amides is 1. The lowest BCUT2D eigenvalue weighted by atomic mass is 9.77. The Morgan fingerprint density at radius 1 is 1.12 bits per heavy atom. The number of hydrogen-bond acceptors (Lipinski definition) is 4. The predicted octanol–water partition coefficient (Wildman–Crippen LogP) is 3.06. The Morgan fingerprint density at radius 2 is 1.77 bits per heavy atom. The number of benzene rings is 1. The number of hydrogen-bond donors (Lipinski definition) is 1. The summed E-state index contributed by atoms with van der Waals surface area (Å²) in [6.45, 7) is 2.92. The molecule has 0 saturated carbocycles. The summed E-state index contributed by atoms with van der Waals surface area (Å²) in [5, 5.41) is 2.25. The maximum atomic E-state index is 15.3. The second-order valence-corrected chi connectivity index (χ2v) is 6.87. The van der Waals surface area contributed by atoms with Crippen molar-refractivity contribution >= 4 is 5.91 Å². The van der Waals surface area contributed by atoms with Crippen molar-refractivity contribution in [3.63, 3.8) is 0 Å². The molecule has 1 atom stereocenters. The Balaban J connectivity index is 2.21. The highest BCUT2D eigenvalue weighted by Gasteiger charge is 2.64. The van der Waals surface area contributed by atoms with Crippen molar-refractivity contribution < 1.29 is 22.7 Å². The largest absolute Gasteiger partial charge is 0.359 e. The van der Waals surface area contributed by atoms with E-state index < -0.39 is 35.4 Å². The van der Waals surface area contributed by atoms with E-state index in [9.17, 15) is 9.18 Å². The minimum absolute atomic E-state index is 0.337. The first-order valence-electron chi connectivity index (χ1n) is 7.97. The zero-order chi connectivity index (χ0) is 19.2. The molecule has 1 aliphatic heterocycles. The number of aromatic nitrogens is 2. The van der Waals surface area contributed by atoms with Crippen LogP contribution in [-0.2, 0) is 15.1 Å². The number of carbonyl (C=O) groups excluding carboxylic acids is 1. The molecule has 0 aliphatic carbocycles. The minimum atomic E-state index is -3.60. The molecule has 1 aliphatic rings. The Bertz CT molecular complexity index is 843. The van der Waals surface area contributed by atoms with Gasteiger partial charge in [-0.05, 0) is 38.5 Å². The third kappa shape index (κ3) is 2.74. The maximum absolute atomic E-state index is 15.3. The van der Waals surface area contributed by atoms with Crippen molar-refractivity contribution in [3.05, 3.63) is 48.3 Å². The van der Waals surface area contributed by atoms with Gasteiger partial charge >= 0.3 is 5.92 Å². The SMILES string of the molecule is CC1(C)OCC(=O)NC(C)(c2cc(-c3cncnc3)ccc2F)C1(F)F. The van der Waals surface area contributed by atoms with Gasteiger partial charge in [-0.15, -0.1) is 0 Å². The van der Waals surface area contributed by atoms with Crippen LogP contribution < -0.4 is 5.32 Å². The van der Waals surface area contributed by atoms with Crippen LogP contribution in [0, 0.1) is 5.82 Å². The summed E-state index contributed by atoms with van der Waals surface area (Å²) in [4.78, 5) is 19.8. The van der Waals surface area contributed by atoms with Gasteiger partial charge in [0.05, 0.1) is 0 Å². The smallest absolute Gasteiger partial charge is 0.302 e. The average Bonchev–Trinajstić information content (AvgIpc) is 2.66. The zero-order valence-corrected chi connectivity index (χ0v) is 14.5. The molecule has 1 N–H and O–H groups in total. The van der Waals surface area contributed by atoms with Gasteiger partial charge in [-0.1, -0.05) is 6.07 Å². The summed E-state index contributed by atoms with van der Waals surface area (Å²) in [6.07, 6.45) is 4.31. The van der Waals surface area contributed by atoms with Gasteiger partial charge in [0.25, 0.3) is 0 Å². The lowest BCUT2D eigenvalue weighted by Crippen LogP contribution is -2.62. The van der Waals surface area contributed by atoms with Crippen molar-refractivity contribution in [1.29, 1.82) is 0 Å². The van der Waals surface area contributed by atoms with Gasteiger partial charge in [0.2, 0.25) is 5.91 Å². The second-order valence-electron chi connectivity index (χ2n) is 6.87. The molecule has 0 spiro atoms. The molecule has 1 fully saturated rings. The highest BCUT2D eigenvalue weighted by Crippen LogP contribution is 2.48. The van der Waals surface area contributed by atoms with E-state index in [1.54, 1.807) is 0 Å². The fourth-order valence-electron chi connectivity index (χ4n) is 3.10. The van der Waals surface area contributed by atoms with Crippen LogP contribution in [0.15, 0.2) is 36.9 Å². The van der Waals surface area contributed by atoms with Gasteiger partial charge in [-0.25, -0.2) is 23.1 Å². The summed E-state index contributed by atoms with van der Waals surface area (Å²) >= 11 is 0. The third-order valence-corrected chi connectivity index (χ3v) is 4.74. The Labute approximate surface area is 148 Å². The molecule has 0 radical (unpaired) electrons. The molecule has 1 amide bonds. The first-order valence-corrected chi connectivity index (χ1v) is 7.97. The van der Waals surface area contributed by atoms with Crippen LogP contribution in [-0.4, -0.2) is 34.0 Å². The van der Waals surface area contributed by atoms with Gasteiger partial charge < -0.3 is 10.1 Å². The number of nitrogens with one attached hydrogen (secondary N) is 1. The Morgan fingerprint density at radius 3 is 2.42 bits per heavy atom. The highest BCUT2D eigenvalue weighted by molar-refractivity contribution is 5.79. The molecule has 5 nitrogen and oxygen atoms in total. The average molecular weight is 365 g/mol. The summed E-state index contributed by atoms with van der Waals surface area (Å²) < 4.78 is 50.4. The van der Waals surface area contributed by atoms with Crippen LogP contribution in [0.1, 0.15) is 26.3 Å². The molecular formula is C18H18F3N3O2. The molecule has 3 rings (SSSR count). The third-order valence-electron chi connectivity index (χ3n) is 4.74. The molecule has 1 unspecified atom stereocenters. The predicted molar refractivity (Wildman–Crippen MR) is 87.9 cm³/mol. The van der Waals surface area contributed by atoms with Crippen LogP contribution in [0.3, 0.4) is 0 Å². The van der Waals surface area contributed by atoms with Gasteiger partial charge in [-0.3, -0.25) is 4.79 Å². The first-order chi connectivity index (χ1) is 12.1. The van der Waals surface area contributed by atoms with Crippen molar-refractivity contribution in [2.24, 2.45) is 0 Å². The van der Waals surface area contributed by atoms with E-state index in [-0.39, 0.29) is 5.56 Å². The van der Waals surface area contributed by atoms with E-state index in [2.05, 4.69) is 15.3 Å². The van der Waals surface area contributed by atoms with E-state index >= 15 is 8.78 Å². The molecule has 1 saturated heterocycles. The van der Waals surface area contributed by atoms with Crippen LogP contribution in [0.4, 0.5) is 13.2 Å². The summed E-state index contributed by atoms with van der Waals surface area (Å²) in [5.41, 5.74) is -3.64. The van der Waals surface area contributed by atoms with Gasteiger partial charge in [0, 0.05) is 23.5 Å². The van der Waals surface area contributed by atoms with Gasteiger partial charge in [0.1, 0.15) is 29.9 Å². The number of ether oxygens (including phenoxy) is 1. The van der Waals surface area contributed by atoms with Crippen molar-refractivity contribution in [1.82, 2.24) is 15.3 Å². The minimum Gasteiger partial charge on any atom is -0.359 e. The molecule has 0 bridgehead atoms. The van der Waals surface area contributed by atoms with E-state index in [4.69, 9.17) is 4.74 Å². The van der Waals surface area contributed by atoms with Gasteiger partial charge in [0.15, 0.2) is 0 Å². The maximum Gasteiger partial charge on any atom is 0.302 e. The normalized spacial score (nSPS) is 24.6. The van der Waals surface area contributed by atoms with E-state index in [0.29, 0.717) is 11.1 Å². The first kappa shape index (κ1) is 18.3. The molecule has 138 valence electrons. The highest BCUT2D eigenvalue weighted by atomic mass is 19.3. The fourth-order valence-corrected chi connectivity index (χ4v) is 3.10. The molecule has 8 heteroatoms. The summed E-state index contributed by atoms with van der Waals surface area (Å²) in [7, 11) is 0. The van der Waals surface area contributed by atoms with Crippen LogP contribution in [0.5, 0.6) is 0 Å². The van der Waals surface area contributed by atoms with Crippen LogP contribution in [0.25, 0.3) is 11.1 Å². The van der Waals surface area contributed by atoms with Crippen molar-refractivity contribution in [2.45, 2.75) is 37.8 Å². The number of rotatable bonds is 2. The van der Waals surface area contributed by atoms with E-state index in [1.165, 1.54) is 44.7 Å². The van der Waals surface area contributed by atoms with Crippen LogP contribution in [0.2, 0.25) is 0 Å².